The number of aromatic nitrogens is 1. The average molecular weight is 365 g/mol. The molecule has 26 heavy (non-hydrogen) atoms. The van der Waals surface area contributed by atoms with Gasteiger partial charge in [-0.05, 0) is 29.7 Å². The molecule has 5 nitrogen and oxygen atoms in total. The molecule has 6 heteroatoms. The molecule has 2 heterocycles. The van der Waals surface area contributed by atoms with Gasteiger partial charge in [0.25, 0.3) is 0 Å². The smallest absolute Gasteiger partial charge is 0.348 e. The van der Waals surface area contributed by atoms with Gasteiger partial charge in [0.2, 0.25) is 0 Å². The molecule has 2 aromatic carbocycles. The summed E-state index contributed by atoms with van der Waals surface area (Å²) < 4.78 is 17.0. The number of rotatable bonds is 5. The van der Waals surface area contributed by atoms with Crippen LogP contribution in [0.5, 0.6) is 5.75 Å². The lowest BCUT2D eigenvalue weighted by molar-refractivity contribution is 0.0443. The van der Waals surface area contributed by atoms with E-state index in [4.69, 9.17) is 14.0 Å². The average Bonchev–Trinajstić information content (AvgIpc) is 3.33. The summed E-state index contributed by atoms with van der Waals surface area (Å²) in [4.78, 5) is 12.8. The van der Waals surface area contributed by atoms with Crippen LogP contribution in [0.3, 0.4) is 0 Å². The standard InChI is InChI=1S/C20H15NO4S/c1-23-17-8-4-3-7-15(17)16-11-14(25-21-16)12-24-20(22)19-10-13-6-2-5-9-18(13)26-19/h2-11H,12H2,1H3. The Bertz CT molecular complexity index is 1030. The monoisotopic (exact) mass is 365 g/mol. The van der Waals surface area contributed by atoms with Crippen LogP contribution in [0, 0.1) is 0 Å². The van der Waals surface area contributed by atoms with Crippen molar-refractivity contribution in [3.63, 3.8) is 0 Å². The van der Waals surface area contributed by atoms with E-state index in [0.717, 1.165) is 15.6 Å². The quantitative estimate of drug-likeness (QED) is 0.470. The molecule has 130 valence electrons. The summed E-state index contributed by atoms with van der Waals surface area (Å²) in [6.07, 6.45) is 0. The van der Waals surface area contributed by atoms with E-state index in [-0.39, 0.29) is 12.6 Å². The van der Waals surface area contributed by atoms with Gasteiger partial charge in [0.05, 0.1) is 7.11 Å². The zero-order valence-electron chi connectivity index (χ0n) is 14.0. The first-order valence-electron chi connectivity index (χ1n) is 7.99. The number of para-hydroxylation sites is 1. The molecule has 0 atom stereocenters. The highest BCUT2D eigenvalue weighted by atomic mass is 32.1. The van der Waals surface area contributed by atoms with Crippen molar-refractivity contribution in [1.29, 1.82) is 0 Å². The zero-order valence-corrected chi connectivity index (χ0v) is 14.8. The van der Waals surface area contributed by atoms with Crippen molar-refractivity contribution >= 4 is 27.4 Å². The van der Waals surface area contributed by atoms with E-state index in [1.54, 1.807) is 13.2 Å². The summed E-state index contributed by atoms with van der Waals surface area (Å²) in [6.45, 7) is 0.0230. The lowest BCUT2D eigenvalue weighted by atomic mass is 10.1. The molecule has 0 spiro atoms. The fourth-order valence-corrected chi connectivity index (χ4v) is 3.61. The summed E-state index contributed by atoms with van der Waals surface area (Å²) in [5, 5.41) is 5.07. The largest absolute Gasteiger partial charge is 0.496 e. The number of esters is 1. The number of hydrogen-bond acceptors (Lipinski definition) is 6. The van der Waals surface area contributed by atoms with Gasteiger partial charge in [0.15, 0.2) is 12.4 Å². The normalized spacial score (nSPS) is 10.8. The molecule has 0 aliphatic heterocycles. The molecule has 0 saturated carbocycles. The number of hydrogen-bond donors (Lipinski definition) is 0. The second-order valence-corrected chi connectivity index (χ2v) is 6.69. The highest BCUT2D eigenvalue weighted by Crippen LogP contribution is 2.29. The molecule has 0 fully saturated rings. The van der Waals surface area contributed by atoms with Gasteiger partial charge in [-0.1, -0.05) is 35.5 Å². The van der Waals surface area contributed by atoms with E-state index >= 15 is 0 Å². The minimum atomic E-state index is -0.374. The van der Waals surface area contributed by atoms with Crippen LogP contribution in [-0.2, 0) is 11.3 Å². The van der Waals surface area contributed by atoms with Crippen LogP contribution in [0.4, 0.5) is 0 Å². The Hall–Kier alpha value is -3.12. The first-order chi connectivity index (χ1) is 12.7. The summed E-state index contributed by atoms with van der Waals surface area (Å²) in [7, 11) is 1.60. The van der Waals surface area contributed by atoms with E-state index in [2.05, 4.69) is 5.16 Å². The number of nitrogens with zero attached hydrogens (tertiary/aromatic N) is 1. The molecule has 0 aliphatic rings. The Morgan fingerprint density at radius 2 is 1.92 bits per heavy atom. The first kappa shape index (κ1) is 16.4. The van der Waals surface area contributed by atoms with Crippen LogP contribution in [0.1, 0.15) is 15.4 Å². The van der Waals surface area contributed by atoms with E-state index in [9.17, 15) is 4.79 Å². The Balaban J connectivity index is 1.47. The topological polar surface area (TPSA) is 61.6 Å². The van der Waals surface area contributed by atoms with Gasteiger partial charge < -0.3 is 14.0 Å². The van der Waals surface area contributed by atoms with Crippen molar-refractivity contribution in [1.82, 2.24) is 5.16 Å². The molecule has 4 rings (SSSR count). The zero-order chi connectivity index (χ0) is 17.9. The molecule has 0 bridgehead atoms. The third-order valence-electron chi connectivity index (χ3n) is 3.91. The number of ether oxygens (including phenoxy) is 2. The van der Waals surface area contributed by atoms with Crippen molar-refractivity contribution in [3.8, 4) is 17.0 Å². The van der Waals surface area contributed by atoms with Gasteiger partial charge >= 0.3 is 5.97 Å². The van der Waals surface area contributed by atoms with Gasteiger partial charge in [-0.3, -0.25) is 0 Å². The molecule has 0 amide bonds. The number of fused-ring (bicyclic) bond motifs is 1. The van der Waals surface area contributed by atoms with Crippen molar-refractivity contribution in [2.45, 2.75) is 6.61 Å². The van der Waals surface area contributed by atoms with Gasteiger partial charge in [-0.2, -0.15) is 0 Å². The minimum Gasteiger partial charge on any atom is -0.496 e. The van der Waals surface area contributed by atoms with Crippen LogP contribution in [0.2, 0.25) is 0 Å². The number of carbonyl (C=O) groups excluding carboxylic acids is 1. The van der Waals surface area contributed by atoms with E-state index in [0.29, 0.717) is 22.1 Å². The van der Waals surface area contributed by atoms with Gasteiger partial charge in [0, 0.05) is 16.3 Å². The predicted molar refractivity (Wildman–Crippen MR) is 99.4 cm³/mol. The lowest BCUT2D eigenvalue weighted by Crippen LogP contribution is -2.02. The van der Waals surface area contributed by atoms with E-state index in [1.807, 2.05) is 54.6 Å². The second-order valence-electron chi connectivity index (χ2n) is 5.60. The Morgan fingerprint density at radius 1 is 1.12 bits per heavy atom. The van der Waals surface area contributed by atoms with Crippen LogP contribution < -0.4 is 4.74 Å². The second kappa shape index (κ2) is 7.01. The van der Waals surface area contributed by atoms with Crippen LogP contribution >= 0.6 is 11.3 Å². The molecular formula is C20H15NO4S. The van der Waals surface area contributed by atoms with Crippen molar-refractivity contribution in [3.05, 3.63) is 71.3 Å². The van der Waals surface area contributed by atoms with Gasteiger partial charge in [0.1, 0.15) is 16.3 Å². The Morgan fingerprint density at radius 3 is 2.77 bits per heavy atom. The lowest BCUT2D eigenvalue weighted by Gasteiger charge is -2.03. The maximum Gasteiger partial charge on any atom is 0.348 e. The molecule has 0 unspecified atom stereocenters. The summed E-state index contributed by atoms with van der Waals surface area (Å²) in [6, 6.07) is 18.9. The highest BCUT2D eigenvalue weighted by molar-refractivity contribution is 7.20. The summed E-state index contributed by atoms with van der Waals surface area (Å²) in [5.41, 5.74) is 1.45. The van der Waals surface area contributed by atoms with E-state index in [1.165, 1.54) is 11.3 Å². The minimum absolute atomic E-state index is 0.0230. The molecule has 0 N–H and O–H groups in total. The van der Waals surface area contributed by atoms with Crippen molar-refractivity contribution < 1.29 is 18.8 Å². The van der Waals surface area contributed by atoms with E-state index < -0.39 is 0 Å². The van der Waals surface area contributed by atoms with Crippen LogP contribution in [0.15, 0.2) is 65.2 Å². The third-order valence-corrected chi connectivity index (χ3v) is 5.01. The number of benzene rings is 2. The number of methoxy groups -OCH3 is 1. The molecule has 0 aliphatic carbocycles. The summed E-state index contributed by atoms with van der Waals surface area (Å²) >= 11 is 1.41. The third kappa shape index (κ3) is 3.19. The number of carbonyl (C=O) groups is 1. The number of thiophene rings is 1. The van der Waals surface area contributed by atoms with Crippen LogP contribution in [-0.4, -0.2) is 18.2 Å². The molecule has 0 radical (unpaired) electrons. The fraction of sp³-hybridized carbons (Fsp3) is 0.100. The Kier molecular flexibility index (Phi) is 4.41. The molecular weight excluding hydrogens is 350 g/mol. The maximum absolute atomic E-state index is 12.3. The molecule has 2 aromatic heterocycles. The van der Waals surface area contributed by atoms with Gasteiger partial charge in [-0.15, -0.1) is 11.3 Å². The Labute approximate surface area is 153 Å². The molecule has 0 saturated heterocycles. The van der Waals surface area contributed by atoms with Gasteiger partial charge in [-0.25, -0.2) is 4.79 Å². The summed E-state index contributed by atoms with van der Waals surface area (Å²) in [5.74, 6) is 0.802. The first-order valence-corrected chi connectivity index (χ1v) is 8.81. The van der Waals surface area contributed by atoms with Crippen molar-refractivity contribution in [2.75, 3.05) is 7.11 Å². The van der Waals surface area contributed by atoms with Crippen molar-refractivity contribution in [2.24, 2.45) is 0 Å². The SMILES string of the molecule is COc1ccccc1-c1cc(COC(=O)c2cc3ccccc3s2)on1. The molecule has 4 aromatic rings. The maximum atomic E-state index is 12.3. The van der Waals surface area contributed by atoms with Crippen LogP contribution in [0.25, 0.3) is 21.3 Å². The highest BCUT2D eigenvalue weighted by Gasteiger charge is 2.15. The fourth-order valence-electron chi connectivity index (χ4n) is 2.65. The predicted octanol–water partition coefficient (Wildman–Crippen LogP) is 4.92.